The standard InChI is InChI=1S/C53H68N2O4/c1-34(2)7-6-8-35(3)46-27-28-47-45-26-17-40-33-53(32-31-51(40,4)48(45)29-30-52(46,47)5,38-13-22-43(23-14-38)58-49(56)36-9-18-41(54)19-10-36)39-15-24-44(25-16-39)59-50(57)37-11-20-42(55)21-12-37/h9-16,18-24,34-35,40,44-48H,6-8,17,25-33,54-55H2,1-5H3. The number of hydrogen-bond acceptors (Lipinski definition) is 6. The fraction of sp³-hybridized carbons (Fsp3) is 0.547. The average molecular weight is 797 g/mol. The molecule has 4 N–H and O–H groups in total. The van der Waals surface area contributed by atoms with E-state index in [1.54, 1.807) is 48.5 Å². The van der Waals surface area contributed by atoms with Crippen molar-refractivity contribution in [2.24, 2.45) is 52.3 Å². The summed E-state index contributed by atoms with van der Waals surface area (Å²) in [5.74, 6) is 5.41. The normalized spacial score (nSPS) is 32.9. The number of benzene rings is 3. The molecule has 3 aromatic carbocycles. The highest BCUT2D eigenvalue weighted by atomic mass is 16.5. The van der Waals surface area contributed by atoms with Crippen molar-refractivity contribution in [1.82, 2.24) is 0 Å². The van der Waals surface area contributed by atoms with Gasteiger partial charge in [-0.15, -0.1) is 0 Å². The largest absolute Gasteiger partial charge is 0.454 e. The van der Waals surface area contributed by atoms with E-state index in [0.717, 1.165) is 48.3 Å². The van der Waals surface area contributed by atoms with Crippen LogP contribution in [-0.4, -0.2) is 18.0 Å². The molecular formula is C53H68N2O4. The van der Waals surface area contributed by atoms with Crippen LogP contribution in [0.1, 0.15) is 144 Å². The number of anilines is 2. The Morgan fingerprint density at radius 1 is 0.729 bits per heavy atom. The van der Waals surface area contributed by atoms with Crippen LogP contribution in [0, 0.1) is 52.3 Å². The molecule has 4 fully saturated rings. The summed E-state index contributed by atoms with van der Waals surface area (Å²) in [7, 11) is 0. The molecule has 0 spiro atoms. The number of allylic oxidation sites excluding steroid dienone is 2. The third-order valence-electron chi connectivity index (χ3n) is 16.7. The van der Waals surface area contributed by atoms with Gasteiger partial charge in [-0.1, -0.05) is 78.2 Å². The van der Waals surface area contributed by atoms with E-state index in [-0.39, 0.29) is 17.5 Å². The highest BCUT2D eigenvalue weighted by molar-refractivity contribution is 5.91. The third kappa shape index (κ3) is 8.02. The molecule has 59 heavy (non-hydrogen) atoms. The van der Waals surface area contributed by atoms with E-state index in [1.807, 2.05) is 12.1 Å². The molecule has 10 atom stereocenters. The van der Waals surface area contributed by atoms with Crippen LogP contribution in [0.3, 0.4) is 0 Å². The maximum absolute atomic E-state index is 13.1. The second-order valence-electron chi connectivity index (χ2n) is 20.3. The Labute approximate surface area is 353 Å². The minimum absolute atomic E-state index is 0.188. The van der Waals surface area contributed by atoms with Crippen molar-refractivity contribution >= 4 is 23.3 Å². The van der Waals surface area contributed by atoms with Crippen LogP contribution in [0.25, 0.3) is 0 Å². The molecule has 3 aromatic rings. The molecule has 314 valence electrons. The van der Waals surface area contributed by atoms with Crippen LogP contribution < -0.4 is 16.2 Å². The molecule has 6 nitrogen and oxygen atoms in total. The summed E-state index contributed by atoms with van der Waals surface area (Å²) in [6.45, 7) is 12.7. The van der Waals surface area contributed by atoms with Crippen molar-refractivity contribution in [3.8, 4) is 5.75 Å². The first-order valence-electron chi connectivity index (χ1n) is 22.9. The maximum Gasteiger partial charge on any atom is 0.343 e. The monoisotopic (exact) mass is 797 g/mol. The van der Waals surface area contributed by atoms with Crippen molar-refractivity contribution in [1.29, 1.82) is 0 Å². The van der Waals surface area contributed by atoms with E-state index in [1.165, 1.54) is 75.3 Å². The van der Waals surface area contributed by atoms with Gasteiger partial charge in [-0.25, -0.2) is 9.59 Å². The third-order valence-corrected chi connectivity index (χ3v) is 16.7. The highest BCUT2D eigenvalue weighted by Crippen LogP contribution is 2.70. The van der Waals surface area contributed by atoms with Crippen molar-refractivity contribution < 1.29 is 19.1 Å². The molecular weight excluding hydrogens is 729 g/mol. The Morgan fingerprint density at radius 3 is 2.03 bits per heavy atom. The predicted molar refractivity (Wildman–Crippen MR) is 239 cm³/mol. The summed E-state index contributed by atoms with van der Waals surface area (Å²) in [4.78, 5) is 26.1. The van der Waals surface area contributed by atoms with Crippen LogP contribution in [0.4, 0.5) is 11.4 Å². The van der Waals surface area contributed by atoms with Crippen LogP contribution in [0.15, 0.2) is 96.6 Å². The first-order chi connectivity index (χ1) is 28.3. The molecule has 0 saturated heterocycles. The van der Waals surface area contributed by atoms with Gasteiger partial charge in [0.25, 0.3) is 0 Å². The fourth-order valence-electron chi connectivity index (χ4n) is 13.5. The second kappa shape index (κ2) is 16.6. The Kier molecular flexibility index (Phi) is 11.7. The van der Waals surface area contributed by atoms with Gasteiger partial charge < -0.3 is 20.9 Å². The van der Waals surface area contributed by atoms with Gasteiger partial charge in [-0.05, 0) is 188 Å². The maximum atomic E-state index is 13.1. The molecule has 0 heterocycles. The Hall–Kier alpha value is -4.32. The summed E-state index contributed by atoms with van der Waals surface area (Å²) in [5, 5.41) is 0. The van der Waals surface area contributed by atoms with Crippen molar-refractivity contribution in [2.45, 2.75) is 130 Å². The highest BCUT2D eigenvalue weighted by Gasteiger charge is 2.62. The van der Waals surface area contributed by atoms with E-state index >= 15 is 0 Å². The molecule has 10 unspecified atom stereocenters. The Balaban J connectivity index is 1.02. The predicted octanol–water partition coefficient (Wildman–Crippen LogP) is 12.5. The topological polar surface area (TPSA) is 105 Å². The zero-order valence-electron chi connectivity index (χ0n) is 36.3. The lowest BCUT2D eigenvalue weighted by Crippen LogP contribution is -2.55. The molecule has 0 aliphatic heterocycles. The lowest BCUT2D eigenvalue weighted by atomic mass is 9.41. The van der Waals surface area contributed by atoms with E-state index in [9.17, 15) is 9.59 Å². The van der Waals surface area contributed by atoms with Gasteiger partial charge in [-0.3, -0.25) is 0 Å². The summed E-state index contributed by atoms with van der Waals surface area (Å²) in [6, 6.07) is 22.0. The molecule has 6 heteroatoms. The number of fused-ring (bicyclic) bond motifs is 5. The molecule has 0 radical (unpaired) electrons. The van der Waals surface area contributed by atoms with E-state index < -0.39 is 5.97 Å². The molecule has 4 saturated carbocycles. The zero-order chi connectivity index (χ0) is 41.5. The molecule has 8 rings (SSSR count). The zero-order valence-corrected chi connectivity index (χ0v) is 36.3. The summed E-state index contributed by atoms with van der Waals surface area (Å²) in [5.41, 5.74) is 17.1. The van der Waals surface area contributed by atoms with Gasteiger partial charge in [0.05, 0.1) is 11.1 Å². The van der Waals surface area contributed by atoms with Crippen LogP contribution >= 0.6 is 0 Å². The molecule has 0 amide bonds. The minimum atomic E-state index is -0.395. The van der Waals surface area contributed by atoms with Gasteiger partial charge in [0.2, 0.25) is 0 Å². The lowest BCUT2D eigenvalue weighted by Gasteiger charge is -2.63. The van der Waals surface area contributed by atoms with Crippen molar-refractivity contribution in [3.05, 3.63) is 113 Å². The van der Waals surface area contributed by atoms with Crippen LogP contribution in [0.5, 0.6) is 5.75 Å². The van der Waals surface area contributed by atoms with Gasteiger partial charge in [-0.2, -0.15) is 0 Å². The van der Waals surface area contributed by atoms with E-state index in [4.69, 9.17) is 20.9 Å². The number of rotatable bonds is 11. The number of nitrogen functional groups attached to an aromatic ring is 2. The van der Waals surface area contributed by atoms with E-state index in [2.05, 4.69) is 65.0 Å². The second-order valence-corrected chi connectivity index (χ2v) is 20.3. The molecule has 5 aliphatic rings. The number of carbonyl (C=O) groups excluding carboxylic acids is 2. The van der Waals surface area contributed by atoms with E-state index in [0.29, 0.717) is 51.4 Å². The van der Waals surface area contributed by atoms with Gasteiger partial charge in [0.15, 0.2) is 0 Å². The molecule has 5 aliphatic carbocycles. The smallest absolute Gasteiger partial charge is 0.343 e. The summed E-state index contributed by atoms with van der Waals surface area (Å²) >= 11 is 0. The average Bonchev–Trinajstić information content (AvgIpc) is 3.59. The summed E-state index contributed by atoms with van der Waals surface area (Å²) < 4.78 is 11.8. The van der Waals surface area contributed by atoms with Gasteiger partial charge in [0, 0.05) is 23.2 Å². The van der Waals surface area contributed by atoms with Crippen molar-refractivity contribution in [2.75, 3.05) is 11.5 Å². The Morgan fingerprint density at radius 2 is 1.39 bits per heavy atom. The minimum Gasteiger partial charge on any atom is -0.454 e. The number of ether oxygens (including phenoxy) is 2. The summed E-state index contributed by atoms with van der Waals surface area (Å²) in [6.07, 6.45) is 22.7. The lowest BCUT2D eigenvalue weighted by molar-refractivity contribution is -0.122. The quantitative estimate of drug-likeness (QED) is 0.114. The molecule has 0 bridgehead atoms. The van der Waals surface area contributed by atoms with Gasteiger partial charge in [0.1, 0.15) is 11.9 Å². The van der Waals surface area contributed by atoms with Gasteiger partial charge >= 0.3 is 11.9 Å². The van der Waals surface area contributed by atoms with Crippen LogP contribution in [-0.2, 0) is 10.2 Å². The first kappa shape index (κ1) is 41.4. The first-order valence-corrected chi connectivity index (χ1v) is 22.9. The molecule has 0 aromatic heterocycles. The van der Waals surface area contributed by atoms with Crippen LogP contribution in [0.2, 0.25) is 0 Å². The SMILES string of the molecule is CC(C)CCCC(C)C1CCC2C3CCC4CC(C5=CCC(OC(=O)c6ccc(N)cc6)C=C5)(c5ccc(OC(=O)c6ccc(N)cc6)cc5)CCC4(C)C3CCC12C. The Bertz CT molecular complexity index is 2030. The number of hydrogen-bond donors (Lipinski definition) is 2. The number of nitrogens with two attached hydrogens (primary N) is 2. The number of carbonyl (C=O) groups is 2. The number of esters is 2. The van der Waals surface area contributed by atoms with Crippen molar-refractivity contribution in [3.63, 3.8) is 0 Å². The fourth-order valence-corrected chi connectivity index (χ4v) is 13.5.